The van der Waals surface area contributed by atoms with E-state index in [0.29, 0.717) is 0 Å². The summed E-state index contributed by atoms with van der Waals surface area (Å²) in [5.74, 6) is 0.726. The molecule has 0 bridgehead atoms. The summed E-state index contributed by atoms with van der Waals surface area (Å²) in [6.45, 7) is 2.84. The van der Waals surface area contributed by atoms with E-state index in [1.54, 1.807) is 16.0 Å². The lowest BCUT2D eigenvalue weighted by Gasteiger charge is -1.95. The van der Waals surface area contributed by atoms with Gasteiger partial charge in [0.15, 0.2) is 0 Å². The Bertz CT molecular complexity index is 389. The summed E-state index contributed by atoms with van der Waals surface area (Å²) >= 11 is 1.67. The Hall–Kier alpha value is -1.29. The highest BCUT2D eigenvalue weighted by Gasteiger charge is 2.05. The molecule has 3 nitrogen and oxygen atoms in total. The van der Waals surface area contributed by atoms with Gasteiger partial charge in [-0.05, 0) is 18.4 Å². The number of anilines is 1. The van der Waals surface area contributed by atoms with E-state index in [9.17, 15) is 0 Å². The fourth-order valence-corrected chi connectivity index (χ4v) is 1.89. The van der Waals surface area contributed by atoms with Crippen molar-refractivity contribution in [3.8, 4) is 11.3 Å². The first-order valence-corrected chi connectivity index (χ1v) is 5.11. The highest BCUT2D eigenvalue weighted by atomic mass is 32.1. The number of nitrogens with zero attached hydrogens (tertiary/aromatic N) is 2. The molecule has 4 heteroatoms. The second kappa shape index (κ2) is 3.22. The van der Waals surface area contributed by atoms with Crippen LogP contribution in [0.15, 0.2) is 22.9 Å². The molecule has 2 aromatic rings. The number of hydrogen-bond acceptors (Lipinski definition) is 3. The summed E-state index contributed by atoms with van der Waals surface area (Å²) < 4.78 is 1.80. The number of aryl methyl sites for hydroxylation is 1. The predicted octanol–water partition coefficient (Wildman–Crippen LogP) is 2.21. The summed E-state index contributed by atoms with van der Waals surface area (Å²) in [6.07, 6.45) is 0. The Morgan fingerprint density at radius 3 is 3.00 bits per heavy atom. The topological polar surface area (TPSA) is 43.8 Å². The number of nitrogens with two attached hydrogens (primary N) is 1. The van der Waals surface area contributed by atoms with Gasteiger partial charge in [-0.3, -0.25) is 0 Å². The Kier molecular flexibility index (Phi) is 2.06. The molecule has 0 radical (unpaired) electrons. The summed E-state index contributed by atoms with van der Waals surface area (Å²) in [7, 11) is 0. The second-order valence-corrected chi connectivity index (χ2v) is 3.56. The maximum Gasteiger partial charge on any atom is 0.122 e. The molecule has 0 aliphatic heterocycles. The van der Waals surface area contributed by atoms with Gasteiger partial charge in [0.05, 0.1) is 5.69 Å². The molecule has 0 saturated heterocycles. The molecule has 2 heterocycles. The van der Waals surface area contributed by atoms with Crippen LogP contribution in [0, 0.1) is 0 Å². The van der Waals surface area contributed by atoms with Crippen LogP contribution in [-0.2, 0) is 6.54 Å². The first kappa shape index (κ1) is 8.31. The minimum absolute atomic E-state index is 0.726. The van der Waals surface area contributed by atoms with Crippen LogP contribution in [0.25, 0.3) is 11.3 Å². The maximum atomic E-state index is 5.76. The number of thiophene rings is 1. The molecule has 0 amide bonds. The zero-order valence-electron chi connectivity index (χ0n) is 7.40. The first-order chi connectivity index (χ1) is 6.31. The molecule has 2 N–H and O–H groups in total. The average molecular weight is 193 g/mol. The zero-order chi connectivity index (χ0) is 9.26. The van der Waals surface area contributed by atoms with Crippen molar-refractivity contribution in [2.45, 2.75) is 13.5 Å². The number of nitrogen functional groups attached to an aromatic ring is 1. The average Bonchev–Trinajstić information content (AvgIpc) is 2.71. The standard InChI is InChI=1S/C9H11N3S/c1-2-12-9(10)5-8(11-12)7-3-4-13-6-7/h3-6H,2,10H2,1H3. The lowest BCUT2D eigenvalue weighted by Crippen LogP contribution is -2.01. The molecular weight excluding hydrogens is 182 g/mol. The fourth-order valence-electron chi connectivity index (χ4n) is 1.24. The van der Waals surface area contributed by atoms with Crippen molar-refractivity contribution in [2.75, 3.05) is 5.73 Å². The summed E-state index contributed by atoms with van der Waals surface area (Å²) in [5, 5.41) is 8.48. The van der Waals surface area contributed by atoms with Gasteiger partial charge in [0.1, 0.15) is 5.82 Å². The summed E-state index contributed by atoms with van der Waals surface area (Å²) in [6, 6.07) is 3.96. The molecule has 0 spiro atoms. The van der Waals surface area contributed by atoms with Crippen molar-refractivity contribution in [3.63, 3.8) is 0 Å². The van der Waals surface area contributed by atoms with E-state index in [1.807, 2.05) is 24.4 Å². The Morgan fingerprint density at radius 1 is 1.62 bits per heavy atom. The van der Waals surface area contributed by atoms with E-state index in [1.165, 1.54) is 0 Å². The van der Waals surface area contributed by atoms with Crippen molar-refractivity contribution >= 4 is 17.2 Å². The molecule has 2 aromatic heterocycles. The van der Waals surface area contributed by atoms with Crippen molar-refractivity contribution in [1.82, 2.24) is 9.78 Å². The third kappa shape index (κ3) is 1.45. The van der Waals surface area contributed by atoms with Crippen LogP contribution in [0.1, 0.15) is 6.92 Å². The minimum Gasteiger partial charge on any atom is -0.384 e. The zero-order valence-corrected chi connectivity index (χ0v) is 8.21. The van der Waals surface area contributed by atoms with Crippen LogP contribution in [-0.4, -0.2) is 9.78 Å². The molecule has 0 aromatic carbocycles. The lowest BCUT2D eigenvalue weighted by atomic mass is 10.2. The van der Waals surface area contributed by atoms with Crippen molar-refractivity contribution in [1.29, 1.82) is 0 Å². The number of rotatable bonds is 2. The quantitative estimate of drug-likeness (QED) is 0.794. The van der Waals surface area contributed by atoms with Gasteiger partial charge in [0.2, 0.25) is 0 Å². The smallest absolute Gasteiger partial charge is 0.122 e. The SMILES string of the molecule is CCn1nc(-c2ccsc2)cc1N. The molecule has 0 atom stereocenters. The highest BCUT2D eigenvalue weighted by molar-refractivity contribution is 7.08. The summed E-state index contributed by atoms with van der Waals surface area (Å²) in [4.78, 5) is 0. The van der Waals surface area contributed by atoms with Gasteiger partial charge in [-0.1, -0.05) is 0 Å². The third-order valence-corrected chi connectivity index (χ3v) is 2.61. The molecular formula is C9H11N3S. The molecule has 68 valence electrons. The molecule has 13 heavy (non-hydrogen) atoms. The van der Waals surface area contributed by atoms with Gasteiger partial charge in [-0.2, -0.15) is 16.4 Å². The van der Waals surface area contributed by atoms with E-state index in [-0.39, 0.29) is 0 Å². The van der Waals surface area contributed by atoms with Crippen LogP contribution >= 0.6 is 11.3 Å². The molecule has 0 saturated carbocycles. The fraction of sp³-hybridized carbons (Fsp3) is 0.222. The lowest BCUT2D eigenvalue weighted by molar-refractivity contribution is 0.672. The van der Waals surface area contributed by atoms with Gasteiger partial charge < -0.3 is 5.73 Å². The van der Waals surface area contributed by atoms with Gasteiger partial charge in [-0.25, -0.2) is 4.68 Å². The van der Waals surface area contributed by atoms with E-state index in [2.05, 4.69) is 10.5 Å². The number of aromatic nitrogens is 2. The monoisotopic (exact) mass is 193 g/mol. The van der Waals surface area contributed by atoms with Crippen LogP contribution in [0.4, 0.5) is 5.82 Å². The molecule has 0 unspecified atom stereocenters. The molecule has 2 rings (SSSR count). The molecule has 0 aliphatic carbocycles. The highest BCUT2D eigenvalue weighted by Crippen LogP contribution is 2.22. The van der Waals surface area contributed by atoms with Gasteiger partial charge in [-0.15, -0.1) is 0 Å². The van der Waals surface area contributed by atoms with E-state index >= 15 is 0 Å². The van der Waals surface area contributed by atoms with Gasteiger partial charge in [0, 0.05) is 23.6 Å². The predicted molar refractivity (Wildman–Crippen MR) is 55.6 cm³/mol. The molecule has 0 fully saturated rings. The molecule has 0 aliphatic rings. The van der Waals surface area contributed by atoms with Crippen molar-refractivity contribution in [2.24, 2.45) is 0 Å². The summed E-state index contributed by atoms with van der Waals surface area (Å²) in [5.41, 5.74) is 7.86. The van der Waals surface area contributed by atoms with E-state index in [4.69, 9.17) is 5.73 Å². The second-order valence-electron chi connectivity index (χ2n) is 2.78. The van der Waals surface area contributed by atoms with Crippen LogP contribution in [0.2, 0.25) is 0 Å². The Labute approximate surface area is 80.8 Å². The normalized spacial score (nSPS) is 10.5. The van der Waals surface area contributed by atoms with Crippen LogP contribution in [0.3, 0.4) is 0 Å². The van der Waals surface area contributed by atoms with E-state index < -0.39 is 0 Å². The third-order valence-electron chi connectivity index (χ3n) is 1.93. The van der Waals surface area contributed by atoms with Gasteiger partial charge in [0.25, 0.3) is 0 Å². The van der Waals surface area contributed by atoms with E-state index in [0.717, 1.165) is 23.6 Å². The van der Waals surface area contributed by atoms with Crippen molar-refractivity contribution in [3.05, 3.63) is 22.9 Å². The Morgan fingerprint density at radius 2 is 2.46 bits per heavy atom. The minimum atomic E-state index is 0.726. The number of hydrogen-bond donors (Lipinski definition) is 1. The Balaban J connectivity index is 2.43. The maximum absolute atomic E-state index is 5.76. The largest absolute Gasteiger partial charge is 0.384 e. The first-order valence-electron chi connectivity index (χ1n) is 4.17. The van der Waals surface area contributed by atoms with Crippen molar-refractivity contribution < 1.29 is 0 Å². The van der Waals surface area contributed by atoms with Crippen LogP contribution < -0.4 is 5.73 Å². The van der Waals surface area contributed by atoms with Crippen LogP contribution in [0.5, 0.6) is 0 Å². The van der Waals surface area contributed by atoms with Gasteiger partial charge >= 0.3 is 0 Å².